The van der Waals surface area contributed by atoms with E-state index in [0.717, 1.165) is 31.4 Å². The van der Waals surface area contributed by atoms with Gasteiger partial charge in [-0.25, -0.2) is 9.97 Å². The van der Waals surface area contributed by atoms with Gasteiger partial charge < -0.3 is 0 Å². The maximum absolute atomic E-state index is 12.4. The predicted octanol–water partition coefficient (Wildman–Crippen LogP) is 5.72. The molecule has 0 atom stereocenters. The van der Waals surface area contributed by atoms with Gasteiger partial charge in [-0.2, -0.15) is 0 Å². The number of thioether (sulfide) groups is 1. The second kappa shape index (κ2) is 8.74. The van der Waals surface area contributed by atoms with Crippen LogP contribution in [0, 0.1) is 0 Å². The van der Waals surface area contributed by atoms with Crippen LogP contribution in [0.15, 0.2) is 41.0 Å². The summed E-state index contributed by atoms with van der Waals surface area (Å²) in [7, 11) is 0. The Bertz CT molecular complexity index is 1160. The monoisotopic (exact) mass is 461 g/mol. The summed E-state index contributed by atoms with van der Waals surface area (Å²) < 4.78 is 0. The number of nitrogens with one attached hydrogen (secondary N) is 1. The van der Waals surface area contributed by atoms with Crippen molar-refractivity contribution in [2.24, 2.45) is 0 Å². The van der Waals surface area contributed by atoms with Crippen LogP contribution in [0.4, 0.5) is 5.13 Å². The van der Waals surface area contributed by atoms with Gasteiger partial charge >= 0.3 is 0 Å². The summed E-state index contributed by atoms with van der Waals surface area (Å²) in [5, 5.41) is 16.8. The van der Waals surface area contributed by atoms with Crippen LogP contribution in [0.1, 0.15) is 24.8 Å². The Balaban J connectivity index is 1.52. The number of hydrogen-bond acceptors (Lipinski definition) is 8. The quantitative estimate of drug-likeness (QED) is 0.292. The molecule has 6 nitrogen and oxygen atoms in total. The molecule has 4 aromatic rings. The summed E-state index contributed by atoms with van der Waals surface area (Å²) in [4.78, 5) is 22.1. The van der Waals surface area contributed by atoms with Crippen molar-refractivity contribution in [2.45, 2.75) is 24.8 Å². The lowest BCUT2D eigenvalue weighted by atomic mass is 10.1. The summed E-state index contributed by atoms with van der Waals surface area (Å²) in [5.41, 5.74) is 2.08. The zero-order valence-electron chi connectivity index (χ0n) is 15.5. The number of amides is 1. The van der Waals surface area contributed by atoms with Gasteiger partial charge in [0.1, 0.15) is 21.2 Å². The van der Waals surface area contributed by atoms with E-state index in [0.29, 0.717) is 10.2 Å². The lowest BCUT2D eigenvalue weighted by molar-refractivity contribution is -0.113. The summed E-state index contributed by atoms with van der Waals surface area (Å²) in [6.45, 7) is 4.09. The molecule has 0 aliphatic heterocycles. The molecule has 0 bridgehead atoms. The van der Waals surface area contributed by atoms with Crippen LogP contribution in [0.2, 0.25) is 5.02 Å². The van der Waals surface area contributed by atoms with E-state index < -0.39 is 0 Å². The van der Waals surface area contributed by atoms with Gasteiger partial charge in [-0.05, 0) is 17.7 Å². The molecule has 0 fully saturated rings. The molecule has 1 amide bonds. The molecule has 3 aromatic heterocycles. The SMILES string of the molecule is CC(C)c1nnc(NC(=O)CSc2ncnc3scc(-c4ccc(Cl)cc4)c23)s1. The lowest BCUT2D eigenvalue weighted by Crippen LogP contribution is -2.14. The van der Waals surface area contributed by atoms with Crippen LogP contribution in [0.5, 0.6) is 0 Å². The van der Waals surface area contributed by atoms with Crippen LogP contribution in [0.25, 0.3) is 21.3 Å². The summed E-state index contributed by atoms with van der Waals surface area (Å²) in [6.07, 6.45) is 1.53. The molecule has 1 aromatic carbocycles. The summed E-state index contributed by atoms with van der Waals surface area (Å²) in [5.74, 6) is 0.363. The molecule has 10 heteroatoms. The average Bonchev–Trinajstić information content (AvgIpc) is 3.34. The fourth-order valence-corrected chi connectivity index (χ4v) is 5.29. The van der Waals surface area contributed by atoms with Crippen LogP contribution in [-0.4, -0.2) is 31.8 Å². The van der Waals surface area contributed by atoms with E-state index >= 15 is 0 Å². The largest absolute Gasteiger partial charge is 0.300 e. The molecule has 4 rings (SSSR count). The Morgan fingerprint density at radius 3 is 2.72 bits per heavy atom. The minimum atomic E-state index is -0.142. The van der Waals surface area contributed by atoms with Gasteiger partial charge in [0.05, 0.1) is 11.1 Å². The van der Waals surface area contributed by atoms with Crippen molar-refractivity contribution >= 4 is 67.3 Å². The topological polar surface area (TPSA) is 80.7 Å². The van der Waals surface area contributed by atoms with E-state index in [9.17, 15) is 4.79 Å². The molecule has 0 radical (unpaired) electrons. The molecule has 0 saturated carbocycles. The highest BCUT2D eigenvalue weighted by molar-refractivity contribution is 8.00. The number of aromatic nitrogens is 4. The first kappa shape index (κ1) is 20.2. The Morgan fingerprint density at radius 1 is 1.21 bits per heavy atom. The fraction of sp³-hybridized carbons (Fsp3) is 0.211. The summed E-state index contributed by atoms with van der Waals surface area (Å²) >= 11 is 10.3. The van der Waals surface area contributed by atoms with Crippen molar-refractivity contribution in [3.05, 3.63) is 46.0 Å². The highest BCUT2D eigenvalue weighted by Crippen LogP contribution is 2.38. The predicted molar refractivity (Wildman–Crippen MR) is 121 cm³/mol. The van der Waals surface area contributed by atoms with Crippen molar-refractivity contribution < 1.29 is 4.79 Å². The molecule has 0 spiro atoms. The first-order valence-corrected chi connectivity index (χ1v) is 11.8. The maximum Gasteiger partial charge on any atom is 0.236 e. The number of thiophene rings is 1. The number of fused-ring (bicyclic) bond motifs is 1. The zero-order valence-corrected chi connectivity index (χ0v) is 18.8. The van der Waals surface area contributed by atoms with Gasteiger partial charge in [0, 0.05) is 21.9 Å². The van der Waals surface area contributed by atoms with Gasteiger partial charge in [-0.3, -0.25) is 10.1 Å². The molecule has 0 aliphatic carbocycles. The van der Waals surface area contributed by atoms with Gasteiger partial charge in [0.2, 0.25) is 11.0 Å². The highest BCUT2D eigenvalue weighted by atomic mass is 35.5. The van der Waals surface area contributed by atoms with Gasteiger partial charge in [0.15, 0.2) is 0 Å². The minimum absolute atomic E-state index is 0.142. The van der Waals surface area contributed by atoms with Crippen LogP contribution in [-0.2, 0) is 4.79 Å². The Morgan fingerprint density at radius 2 is 2.00 bits per heavy atom. The number of anilines is 1. The molecule has 3 heterocycles. The number of carbonyl (C=O) groups is 1. The minimum Gasteiger partial charge on any atom is -0.300 e. The third kappa shape index (κ3) is 4.58. The first-order chi connectivity index (χ1) is 14.0. The van der Waals surface area contributed by atoms with E-state index in [1.165, 1.54) is 29.4 Å². The van der Waals surface area contributed by atoms with Crippen molar-refractivity contribution in [3.8, 4) is 11.1 Å². The number of rotatable bonds is 6. The van der Waals surface area contributed by atoms with Crippen LogP contribution in [0.3, 0.4) is 0 Å². The average molecular weight is 462 g/mol. The number of hydrogen-bond donors (Lipinski definition) is 1. The standard InChI is InChI=1S/C19H16ClN5OS3/c1-10(2)16-24-25-19(29-16)23-14(26)8-28-18-15-13(7-27-17(15)21-9-22-18)11-3-5-12(20)6-4-11/h3-7,9-10H,8H2,1-2H3,(H,23,25,26). The van der Waals surface area contributed by atoms with Crippen molar-refractivity contribution in [1.82, 2.24) is 20.2 Å². The van der Waals surface area contributed by atoms with E-state index in [2.05, 4.69) is 30.9 Å². The van der Waals surface area contributed by atoms with E-state index in [4.69, 9.17) is 11.6 Å². The lowest BCUT2D eigenvalue weighted by Gasteiger charge is -2.05. The van der Waals surface area contributed by atoms with Gasteiger partial charge in [-0.1, -0.05) is 60.7 Å². The smallest absolute Gasteiger partial charge is 0.236 e. The molecule has 0 saturated heterocycles. The molecule has 1 N–H and O–H groups in total. The zero-order chi connectivity index (χ0) is 20.4. The molecule has 29 heavy (non-hydrogen) atoms. The Hall–Kier alpha value is -2.07. The second-order valence-electron chi connectivity index (χ2n) is 6.45. The van der Waals surface area contributed by atoms with Crippen molar-refractivity contribution in [1.29, 1.82) is 0 Å². The van der Waals surface area contributed by atoms with E-state index in [1.807, 2.05) is 38.1 Å². The molecular formula is C19H16ClN5OS3. The molecule has 0 aliphatic rings. The van der Waals surface area contributed by atoms with Crippen molar-refractivity contribution in [2.75, 3.05) is 11.1 Å². The second-order valence-corrected chi connectivity index (χ2v) is 9.72. The number of benzene rings is 1. The van der Waals surface area contributed by atoms with Crippen LogP contribution >= 0.6 is 46.0 Å². The number of nitrogens with zero attached hydrogens (tertiary/aromatic N) is 4. The fourth-order valence-electron chi connectivity index (χ4n) is 2.61. The third-order valence-electron chi connectivity index (χ3n) is 4.01. The number of carbonyl (C=O) groups excluding carboxylic acids is 1. The molecular weight excluding hydrogens is 446 g/mol. The maximum atomic E-state index is 12.4. The molecule has 0 unspecified atom stereocenters. The van der Waals surface area contributed by atoms with E-state index in [-0.39, 0.29) is 17.6 Å². The third-order valence-corrected chi connectivity index (χ3v) is 7.28. The van der Waals surface area contributed by atoms with Gasteiger partial charge in [0.25, 0.3) is 0 Å². The normalized spacial score (nSPS) is 11.3. The van der Waals surface area contributed by atoms with Crippen LogP contribution < -0.4 is 5.32 Å². The van der Waals surface area contributed by atoms with Gasteiger partial charge in [-0.15, -0.1) is 21.5 Å². The van der Waals surface area contributed by atoms with E-state index in [1.54, 1.807) is 11.3 Å². The Labute approximate surface area is 184 Å². The molecule has 148 valence electrons. The van der Waals surface area contributed by atoms with Crippen molar-refractivity contribution in [3.63, 3.8) is 0 Å². The first-order valence-electron chi connectivity index (χ1n) is 8.75. The Kier molecular flexibility index (Phi) is 6.09. The highest BCUT2D eigenvalue weighted by Gasteiger charge is 2.16. The summed E-state index contributed by atoms with van der Waals surface area (Å²) in [6, 6.07) is 7.66. The number of halogens is 1.